The number of hydrogen-bond acceptors (Lipinski definition) is 4. The van der Waals surface area contributed by atoms with Crippen LogP contribution in [0, 0.1) is 11.3 Å². The molecule has 0 bridgehead atoms. The SMILES string of the molecule is N#CC1(NC(=O)CN2C(=O)NC3(CCCCCC3)C2=O)CCCC1. The molecule has 3 fully saturated rings. The lowest BCUT2D eigenvalue weighted by Gasteiger charge is -2.25. The van der Waals surface area contributed by atoms with Crippen molar-refractivity contribution in [3.8, 4) is 6.07 Å². The minimum atomic E-state index is -0.837. The van der Waals surface area contributed by atoms with Gasteiger partial charge in [-0.2, -0.15) is 5.26 Å². The first-order chi connectivity index (χ1) is 11.5. The van der Waals surface area contributed by atoms with E-state index in [1.165, 1.54) is 0 Å². The maximum atomic E-state index is 12.8. The zero-order valence-corrected chi connectivity index (χ0v) is 13.9. The Bertz CT molecular complexity index is 581. The minimum absolute atomic E-state index is 0.290. The molecule has 7 nitrogen and oxygen atoms in total. The van der Waals surface area contributed by atoms with Gasteiger partial charge in [-0.15, -0.1) is 0 Å². The third-order valence-corrected chi connectivity index (χ3v) is 5.55. The second-order valence-electron chi connectivity index (χ2n) is 7.27. The van der Waals surface area contributed by atoms with Crippen molar-refractivity contribution in [3.63, 3.8) is 0 Å². The third kappa shape index (κ3) is 2.97. The molecule has 2 saturated carbocycles. The van der Waals surface area contributed by atoms with Gasteiger partial charge in [-0.25, -0.2) is 4.79 Å². The first-order valence-corrected chi connectivity index (χ1v) is 8.87. The number of nitrogens with one attached hydrogen (secondary N) is 2. The van der Waals surface area contributed by atoms with E-state index < -0.39 is 23.0 Å². The summed E-state index contributed by atoms with van der Waals surface area (Å²) in [6.45, 7) is -0.310. The first kappa shape index (κ1) is 16.7. The lowest BCUT2D eigenvalue weighted by atomic mass is 9.90. The van der Waals surface area contributed by atoms with Crippen molar-refractivity contribution in [1.29, 1.82) is 5.26 Å². The van der Waals surface area contributed by atoms with Crippen LogP contribution in [0.3, 0.4) is 0 Å². The Morgan fingerprint density at radius 3 is 2.25 bits per heavy atom. The second-order valence-corrected chi connectivity index (χ2v) is 7.27. The second kappa shape index (κ2) is 6.42. The molecule has 0 aromatic carbocycles. The molecule has 4 amide bonds. The number of imide groups is 1. The van der Waals surface area contributed by atoms with Crippen molar-refractivity contribution in [2.24, 2.45) is 0 Å². The van der Waals surface area contributed by atoms with Crippen LogP contribution in [-0.4, -0.2) is 40.4 Å². The van der Waals surface area contributed by atoms with Gasteiger partial charge in [0.05, 0.1) is 6.07 Å². The highest BCUT2D eigenvalue weighted by molar-refractivity contribution is 6.09. The zero-order valence-electron chi connectivity index (χ0n) is 13.9. The highest BCUT2D eigenvalue weighted by Crippen LogP contribution is 2.33. The van der Waals surface area contributed by atoms with Crippen molar-refractivity contribution >= 4 is 17.8 Å². The zero-order chi connectivity index (χ0) is 17.2. The quantitative estimate of drug-likeness (QED) is 0.766. The van der Waals surface area contributed by atoms with Crippen molar-refractivity contribution < 1.29 is 14.4 Å². The van der Waals surface area contributed by atoms with Crippen LogP contribution < -0.4 is 10.6 Å². The van der Waals surface area contributed by atoms with Gasteiger partial charge in [0.1, 0.15) is 17.6 Å². The normalized spacial score (nSPS) is 25.2. The van der Waals surface area contributed by atoms with Crippen LogP contribution in [0.5, 0.6) is 0 Å². The van der Waals surface area contributed by atoms with E-state index in [4.69, 9.17) is 0 Å². The highest BCUT2D eigenvalue weighted by atomic mass is 16.2. The number of urea groups is 1. The Morgan fingerprint density at radius 2 is 1.67 bits per heavy atom. The summed E-state index contributed by atoms with van der Waals surface area (Å²) in [4.78, 5) is 38.3. The van der Waals surface area contributed by atoms with Gasteiger partial charge in [0.15, 0.2) is 0 Å². The van der Waals surface area contributed by atoms with Crippen LogP contribution in [-0.2, 0) is 9.59 Å². The third-order valence-electron chi connectivity index (χ3n) is 5.55. The number of carbonyl (C=O) groups excluding carboxylic acids is 3. The van der Waals surface area contributed by atoms with Gasteiger partial charge in [-0.1, -0.05) is 25.7 Å². The molecule has 0 atom stereocenters. The topological polar surface area (TPSA) is 102 Å². The minimum Gasteiger partial charge on any atom is -0.336 e. The first-order valence-electron chi connectivity index (χ1n) is 8.87. The van der Waals surface area contributed by atoms with Gasteiger partial charge in [0.25, 0.3) is 5.91 Å². The maximum Gasteiger partial charge on any atom is 0.325 e. The van der Waals surface area contributed by atoms with Crippen molar-refractivity contribution in [2.75, 3.05) is 6.54 Å². The van der Waals surface area contributed by atoms with E-state index in [-0.39, 0.29) is 12.5 Å². The van der Waals surface area contributed by atoms with Crippen LogP contribution in [0.4, 0.5) is 4.79 Å². The Kier molecular flexibility index (Phi) is 4.48. The van der Waals surface area contributed by atoms with Crippen LogP contribution in [0.1, 0.15) is 64.2 Å². The molecule has 0 aromatic rings. The van der Waals surface area contributed by atoms with Gasteiger partial charge >= 0.3 is 6.03 Å². The Morgan fingerprint density at radius 1 is 1.08 bits per heavy atom. The Labute approximate surface area is 141 Å². The molecular weight excluding hydrogens is 308 g/mol. The molecule has 1 aliphatic heterocycles. The highest BCUT2D eigenvalue weighted by Gasteiger charge is 2.51. The summed E-state index contributed by atoms with van der Waals surface area (Å²) in [6, 6.07) is 1.69. The summed E-state index contributed by atoms with van der Waals surface area (Å²) in [5, 5.41) is 14.9. The van der Waals surface area contributed by atoms with Gasteiger partial charge in [-0.05, 0) is 38.5 Å². The Hall–Kier alpha value is -2.10. The van der Waals surface area contributed by atoms with Gasteiger partial charge in [-0.3, -0.25) is 14.5 Å². The van der Waals surface area contributed by atoms with E-state index in [1.54, 1.807) is 0 Å². The average Bonchev–Trinajstić information content (AvgIpc) is 3.00. The summed E-state index contributed by atoms with van der Waals surface area (Å²) >= 11 is 0. The Balaban J connectivity index is 1.66. The number of nitrogens with zero attached hydrogens (tertiary/aromatic N) is 2. The van der Waals surface area contributed by atoms with Crippen LogP contribution >= 0.6 is 0 Å². The molecule has 7 heteroatoms. The molecule has 0 radical (unpaired) electrons. The number of hydrogen-bond donors (Lipinski definition) is 2. The molecule has 130 valence electrons. The van der Waals surface area contributed by atoms with Crippen molar-refractivity contribution in [1.82, 2.24) is 15.5 Å². The monoisotopic (exact) mass is 332 g/mol. The molecule has 24 heavy (non-hydrogen) atoms. The van der Waals surface area contributed by atoms with E-state index >= 15 is 0 Å². The van der Waals surface area contributed by atoms with Crippen molar-refractivity contribution in [2.45, 2.75) is 75.3 Å². The maximum absolute atomic E-state index is 12.8. The van der Waals surface area contributed by atoms with Crippen LogP contribution in [0.25, 0.3) is 0 Å². The molecule has 0 unspecified atom stereocenters. The lowest BCUT2D eigenvalue weighted by Crippen LogP contribution is -2.51. The van der Waals surface area contributed by atoms with Gasteiger partial charge in [0, 0.05) is 0 Å². The molecule has 2 aliphatic carbocycles. The number of nitriles is 1. The average molecular weight is 332 g/mol. The van der Waals surface area contributed by atoms with Gasteiger partial charge in [0.2, 0.25) is 5.91 Å². The summed E-state index contributed by atoms with van der Waals surface area (Å²) in [6.07, 6.45) is 8.27. The number of rotatable bonds is 3. The largest absolute Gasteiger partial charge is 0.336 e. The molecule has 2 N–H and O–H groups in total. The van der Waals surface area contributed by atoms with Crippen molar-refractivity contribution in [3.05, 3.63) is 0 Å². The molecule has 3 aliphatic rings. The van der Waals surface area contributed by atoms with E-state index in [9.17, 15) is 19.6 Å². The van der Waals surface area contributed by atoms with Crippen LogP contribution in [0.2, 0.25) is 0 Å². The molecule has 1 spiro atoms. The summed E-state index contributed by atoms with van der Waals surface area (Å²) in [5.74, 6) is -0.727. The molecule has 1 saturated heterocycles. The lowest BCUT2D eigenvalue weighted by molar-refractivity contribution is -0.135. The predicted molar refractivity (Wildman–Crippen MR) is 85.6 cm³/mol. The summed E-state index contributed by atoms with van der Waals surface area (Å²) < 4.78 is 0. The molecule has 0 aromatic heterocycles. The van der Waals surface area contributed by atoms with Gasteiger partial charge < -0.3 is 10.6 Å². The van der Waals surface area contributed by atoms with E-state index in [1.807, 2.05) is 0 Å². The predicted octanol–water partition coefficient (Wildman–Crippen LogP) is 1.58. The molecule has 1 heterocycles. The fourth-order valence-electron chi connectivity index (χ4n) is 4.18. The number of amides is 4. The summed E-state index contributed by atoms with van der Waals surface area (Å²) in [7, 11) is 0. The summed E-state index contributed by atoms with van der Waals surface area (Å²) in [5.41, 5.74) is -1.66. The molecular formula is C17H24N4O3. The van der Waals surface area contributed by atoms with E-state index in [0.717, 1.165) is 43.4 Å². The molecule has 3 rings (SSSR count). The van der Waals surface area contributed by atoms with Crippen LogP contribution in [0.15, 0.2) is 0 Å². The fourth-order valence-corrected chi connectivity index (χ4v) is 4.18. The fraction of sp³-hybridized carbons (Fsp3) is 0.765. The van der Waals surface area contributed by atoms with E-state index in [2.05, 4.69) is 16.7 Å². The number of carbonyl (C=O) groups is 3. The smallest absolute Gasteiger partial charge is 0.325 e. The standard InChI is InChI=1S/C17H24N4O3/c18-12-16(7-5-6-8-16)19-13(22)11-21-14(23)17(20-15(21)24)9-3-1-2-4-10-17/h1-11H2,(H,19,22)(H,20,24). The van der Waals surface area contributed by atoms with E-state index in [0.29, 0.717) is 25.7 Å².